The Balaban J connectivity index is 1.97. The molecule has 0 saturated heterocycles. The number of nitrogens with one attached hydrogen (secondary N) is 1. The number of nitrogens with zero attached hydrogens (tertiary/aromatic N) is 2. The van der Waals surface area contributed by atoms with Gasteiger partial charge < -0.3 is 5.11 Å². The van der Waals surface area contributed by atoms with Gasteiger partial charge >= 0.3 is 5.97 Å². The molecule has 19 heavy (non-hydrogen) atoms. The topological polar surface area (TPSA) is 101 Å². The molecular formula is C11H17N3O4S. The van der Waals surface area contributed by atoms with Crippen molar-refractivity contribution < 1.29 is 18.3 Å². The van der Waals surface area contributed by atoms with Gasteiger partial charge in [-0.2, -0.15) is 5.10 Å². The molecule has 2 N–H and O–H groups in total. The van der Waals surface area contributed by atoms with Crippen LogP contribution >= 0.6 is 0 Å². The van der Waals surface area contributed by atoms with Gasteiger partial charge in [0.15, 0.2) is 0 Å². The third-order valence-electron chi connectivity index (χ3n) is 3.39. The molecule has 0 aliphatic heterocycles. The van der Waals surface area contributed by atoms with Crippen molar-refractivity contribution in [3.05, 3.63) is 12.4 Å². The fourth-order valence-electron chi connectivity index (χ4n) is 2.28. The number of aliphatic carboxylic acids is 1. The van der Waals surface area contributed by atoms with Crippen molar-refractivity contribution in [3.8, 4) is 0 Å². The van der Waals surface area contributed by atoms with Crippen LogP contribution in [-0.2, 0) is 21.9 Å². The van der Waals surface area contributed by atoms with E-state index in [-0.39, 0.29) is 16.9 Å². The Morgan fingerprint density at radius 2 is 2.05 bits per heavy atom. The predicted molar refractivity (Wildman–Crippen MR) is 66.9 cm³/mol. The van der Waals surface area contributed by atoms with E-state index in [1.807, 2.05) is 0 Å². The SMILES string of the molecule is Cn1cc(S(=O)(=O)NC2CCC(C(=O)O)CC2)cn1. The second-order valence-corrected chi connectivity index (χ2v) is 6.57. The van der Waals surface area contributed by atoms with Gasteiger partial charge in [-0.05, 0) is 25.7 Å². The van der Waals surface area contributed by atoms with E-state index in [9.17, 15) is 13.2 Å². The lowest BCUT2D eigenvalue weighted by atomic mass is 9.87. The van der Waals surface area contributed by atoms with Crippen LogP contribution in [-0.4, -0.2) is 35.3 Å². The van der Waals surface area contributed by atoms with Crippen LogP contribution in [0.5, 0.6) is 0 Å². The minimum Gasteiger partial charge on any atom is -0.481 e. The number of hydrogen-bond donors (Lipinski definition) is 2. The van der Waals surface area contributed by atoms with Crippen molar-refractivity contribution in [1.29, 1.82) is 0 Å². The first-order chi connectivity index (χ1) is 8.88. The molecule has 0 amide bonds. The maximum atomic E-state index is 12.0. The summed E-state index contributed by atoms with van der Waals surface area (Å²) in [6.07, 6.45) is 4.86. The summed E-state index contributed by atoms with van der Waals surface area (Å²) in [4.78, 5) is 11.0. The Morgan fingerprint density at radius 1 is 1.42 bits per heavy atom. The van der Waals surface area contributed by atoms with Crippen molar-refractivity contribution in [2.45, 2.75) is 36.6 Å². The highest BCUT2D eigenvalue weighted by molar-refractivity contribution is 7.89. The van der Waals surface area contributed by atoms with Gasteiger partial charge in [0.2, 0.25) is 10.0 Å². The lowest BCUT2D eigenvalue weighted by molar-refractivity contribution is -0.142. The molecule has 0 bridgehead atoms. The Kier molecular flexibility index (Phi) is 3.91. The molecule has 0 aromatic carbocycles. The molecule has 1 heterocycles. The summed E-state index contributed by atoms with van der Waals surface area (Å²) >= 11 is 0. The first-order valence-electron chi connectivity index (χ1n) is 6.12. The van der Waals surface area contributed by atoms with Gasteiger partial charge in [-0.25, -0.2) is 13.1 Å². The predicted octanol–water partition coefficient (Wildman–Crippen LogP) is 0.342. The lowest BCUT2D eigenvalue weighted by Crippen LogP contribution is -2.38. The molecule has 106 valence electrons. The molecule has 8 heteroatoms. The Bertz CT molecular complexity index is 558. The third kappa shape index (κ3) is 3.32. The molecule has 1 aromatic heterocycles. The van der Waals surface area contributed by atoms with Crippen LogP contribution in [0.15, 0.2) is 17.3 Å². The molecule has 2 rings (SSSR count). The van der Waals surface area contributed by atoms with E-state index in [4.69, 9.17) is 5.11 Å². The average Bonchev–Trinajstić information content (AvgIpc) is 2.77. The number of sulfonamides is 1. The first kappa shape index (κ1) is 14.0. The molecule has 7 nitrogen and oxygen atoms in total. The van der Waals surface area contributed by atoms with Crippen LogP contribution in [0.1, 0.15) is 25.7 Å². The summed E-state index contributed by atoms with van der Waals surface area (Å²) in [7, 11) is -1.91. The first-order valence-corrected chi connectivity index (χ1v) is 7.60. The summed E-state index contributed by atoms with van der Waals surface area (Å²) in [6, 6.07) is -0.194. The van der Waals surface area contributed by atoms with Crippen molar-refractivity contribution in [1.82, 2.24) is 14.5 Å². The van der Waals surface area contributed by atoms with Gasteiger partial charge in [-0.1, -0.05) is 0 Å². The second-order valence-electron chi connectivity index (χ2n) is 4.86. The van der Waals surface area contributed by atoms with Gasteiger partial charge in [-0.15, -0.1) is 0 Å². The standard InChI is InChI=1S/C11H17N3O4S/c1-14-7-10(6-12-14)19(17,18)13-9-4-2-8(3-5-9)11(15)16/h6-9,13H,2-5H2,1H3,(H,15,16). The molecule has 0 unspecified atom stereocenters. The summed E-state index contributed by atoms with van der Waals surface area (Å²) in [6.45, 7) is 0. The molecule has 0 spiro atoms. The van der Waals surface area contributed by atoms with Crippen molar-refractivity contribution in [2.75, 3.05) is 0 Å². The minimum absolute atomic E-state index is 0.135. The van der Waals surface area contributed by atoms with E-state index in [0.717, 1.165) is 0 Å². The summed E-state index contributed by atoms with van der Waals surface area (Å²) < 4.78 is 28.1. The molecule has 1 saturated carbocycles. The minimum atomic E-state index is -3.56. The zero-order chi connectivity index (χ0) is 14.0. The zero-order valence-corrected chi connectivity index (χ0v) is 11.4. The van der Waals surface area contributed by atoms with Gasteiger partial charge in [0.1, 0.15) is 4.90 Å². The summed E-state index contributed by atoms with van der Waals surface area (Å²) in [5.41, 5.74) is 0. The van der Waals surface area contributed by atoms with Gasteiger partial charge in [0.25, 0.3) is 0 Å². The van der Waals surface area contributed by atoms with Crippen LogP contribution in [0.3, 0.4) is 0 Å². The van der Waals surface area contributed by atoms with E-state index in [2.05, 4.69) is 9.82 Å². The Morgan fingerprint density at radius 3 is 2.53 bits per heavy atom. The number of rotatable bonds is 4. The van der Waals surface area contributed by atoms with Crippen molar-refractivity contribution in [2.24, 2.45) is 13.0 Å². The Labute approximate surface area is 111 Å². The molecular weight excluding hydrogens is 270 g/mol. The van der Waals surface area contributed by atoms with Crippen molar-refractivity contribution in [3.63, 3.8) is 0 Å². The number of carbonyl (C=O) groups is 1. The molecule has 0 radical (unpaired) electrons. The summed E-state index contributed by atoms with van der Waals surface area (Å²) in [5.74, 6) is -1.15. The Hall–Kier alpha value is -1.41. The number of aromatic nitrogens is 2. The number of carboxylic acid groups (broad SMARTS) is 1. The lowest BCUT2D eigenvalue weighted by Gasteiger charge is -2.26. The average molecular weight is 287 g/mol. The van der Waals surface area contributed by atoms with Crippen LogP contribution in [0.25, 0.3) is 0 Å². The molecule has 1 aliphatic rings. The monoisotopic (exact) mass is 287 g/mol. The maximum Gasteiger partial charge on any atom is 0.306 e. The van der Waals surface area contributed by atoms with Gasteiger partial charge in [0, 0.05) is 19.3 Å². The highest BCUT2D eigenvalue weighted by Gasteiger charge is 2.29. The highest BCUT2D eigenvalue weighted by Crippen LogP contribution is 2.25. The van der Waals surface area contributed by atoms with Crippen LogP contribution in [0, 0.1) is 5.92 Å². The second kappa shape index (κ2) is 5.30. The molecule has 0 atom stereocenters. The fourth-order valence-corrected chi connectivity index (χ4v) is 3.57. The van der Waals surface area contributed by atoms with Crippen LogP contribution in [0.4, 0.5) is 0 Å². The molecule has 1 aliphatic carbocycles. The van der Waals surface area contributed by atoms with Gasteiger partial charge in [0.05, 0.1) is 12.1 Å². The number of hydrogen-bond acceptors (Lipinski definition) is 4. The van der Waals surface area contributed by atoms with Crippen LogP contribution in [0.2, 0.25) is 0 Å². The normalized spacial score (nSPS) is 24.3. The zero-order valence-electron chi connectivity index (χ0n) is 10.6. The molecule has 1 fully saturated rings. The van der Waals surface area contributed by atoms with E-state index < -0.39 is 16.0 Å². The molecule has 1 aromatic rings. The number of carboxylic acids is 1. The highest BCUT2D eigenvalue weighted by atomic mass is 32.2. The van der Waals surface area contributed by atoms with E-state index >= 15 is 0 Å². The van der Waals surface area contributed by atoms with Gasteiger partial charge in [-0.3, -0.25) is 9.48 Å². The van der Waals surface area contributed by atoms with E-state index in [1.165, 1.54) is 17.1 Å². The smallest absolute Gasteiger partial charge is 0.306 e. The quantitative estimate of drug-likeness (QED) is 0.831. The van der Waals surface area contributed by atoms with Crippen LogP contribution < -0.4 is 4.72 Å². The van der Waals surface area contributed by atoms with E-state index in [0.29, 0.717) is 25.7 Å². The van der Waals surface area contributed by atoms with Crippen molar-refractivity contribution >= 4 is 16.0 Å². The summed E-state index contributed by atoms with van der Waals surface area (Å²) in [5, 5.41) is 12.7. The fraction of sp³-hybridized carbons (Fsp3) is 0.636. The third-order valence-corrected chi connectivity index (χ3v) is 4.86. The van der Waals surface area contributed by atoms with E-state index in [1.54, 1.807) is 7.05 Å². The maximum absolute atomic E-state index is 12.0. The number of aryl methyl sites for hydroxylation is 1. The largest absolute Gasteiger partial charge is 0.481 e.